The van der Waals surface area contributed by atoms with Gasteiger partial charge in [-0.25, -0.2) is 16.8 Å². The quantitative estimate of drug-likeness (QED) is 0.399. The van der Waals surface area contributed by atoms with Gasteiger partial charge in [0.2, 0.25) is 0 Å². The van der Waals surface area contributed by atoms with Gasteiger partial charge in [-0.1, -0.05) is 45.2 Å². The third-order valence-electron chi connectivity index (χ3n) is 2.82. The van der Waals surface area contributed by atoms with Crippen molar-refractivity contribution in [2.75, 3.05) is 23.0 Å². The first-order chi connectivity index (χ1) is 7.69. The van der Waals surface area contributed by atoms with E-state index in [-0.39, 0.29) is 41.4 Å². The second-order valence-corrected chi connectivity index (χ2v) is 13.4. The van der Waals surface area contributed by atoms with Crippen LogP contribution in [0.15, 0.2) is 0 Å². The van der Waals surface area contributed by atoms with Crippen LogP contribution in [0, 0.1) is 0 Å². The summed E-state index contributed by atoms with van der Waals surface area (Å²) in [5, 5.41) is 0.104. The average Bonchev–Trinajstić information content (AvgIpc) is 2.50. The van der Waals surface area contributed by atoms with Crippen molar-refractivity contribution in [2.45, 2.75) is 18.3 Å². The Morgan fingerprint density at radius 1 is 0.765 bits per heavy atom. The van der Waals surface area contributed by atoms with Crippen molar-refractivity contribution in [3.63, 3.8) is 0 Å². The number of rotatable bonds is 2. The predicted octanol–water partition coefficient (Wildman–Crippen LogP) is 0.921. The standard InChI is InChI=1S/C8H12I2O4S3/c9-5-1-16(11,12)3-7(5)15-8-4-17(13,14)2-6(8)10/h5-8H,1-4H2/t5-,6-,7-,8+/m0/s1. The number of thioether (sulfide) groups is 1. The summed E-state index contributed by atoms with van der Waals surface area (Å²) in [4.78, 5) is 0. The lowest BCUT2D eigenvalue weighted by atomic mass is 10.4. The minimum atomic E-state index is -2.91. The van der Waals surface area contributed by atoms with Crippen LogP contribution in [-0.2, 0) is 19.7 Å². The fourth-order valence-corrected chi connectivity index (χ4v) is 13.8. The van der Waals surface area contributed by atoms with Gasteiger partial charge in [-0.15, -0.1) is 0 Å². The van der Waals surface area contributed by atoms with Crippen LogP contribution in [-0.4, -0.2) is 58.2 Å². The normalized spacial score (nSPS) is 43.9. The number of alkyl halides is 2. The summed E-state index contributed by atoms with van der Waals surface area (Å²) in [6.45, 7) is 0. The fourth-order valence-electron chi connectivity index (χ4n) is 2.02. The second kappa shape index (κ2) is 5.24. The van der Waals surface area contributed by atoms with Gasteiger partial charge < -0.3 is 0 Å². The lowest BCUT2D eigenvalue weighted by molar-refractivity contribution is 0.601. The summed E-state index contributed by atoms with van der Waals surface area (Å²) in [6.07, 6.45) is 0. The van der Waals surface area contributed by atoms with E-state index in [1.165, 1.54) is 0 Å². The highest BCUT2D eigenvalue weighted by molar-refractivity contribution is 14.1. The third kappa shape index (κ3) is 3.85. The zero-order valence-corrected chi connectivity index (χ0v) is 15.5. The lowest BCUT2D eigenvalue weighted by Gasteiger charge is -2.18. The van der Waals surface area contributed by atoms with E-state index in [0.29, 0.717) is 0 Å². The molecule has 9 heteroatoms. The Balaban J connectivity index is 2.04. The van der Waals surface area contributed by atoms with E-state index >= 15 is 0 Å². The minimum absolute atomic E-state index is 0.0520. The molecule has 0 N–H and O–H groups in total. The average molecular weight is 522 g/mol. The largest absolute Gasteiger partial charge is 0.229 e. The Hall–Kier alpha value is 1.71. The van der Waals surface area contributed by atoms with E-state index in [1.54, 1.807) is 11.8 Å². The molecule has 2 rings (SSSR count). The molecule has 4 atom stereocenters. The topological polar surface area (TPSA) is 68.3 Å². The number of sulfone groups is 2. The van der Waals surface area contributed by atoms with Crippen molar-refractivity contribution in [2.24, 2.45) is 0 Å². The first-order valence-electron chi connectivity index (χ1n) is 5.03. The minimum Gasteiger partial charge on any atom is -0.229 e. The first-order valence-corrected chi connectivity index (χ1v) is 12.1. The molecule has 2 fully saturated rings. The molecule has 100 valence electrons. The maximum Gasteiger partial charge on any atom is 0.152 e. The Labute approximate surface area is 133 Å². The molecule has 0 aromatic rings. The van der Waals surface area contributed by atoms with Gasteiger partial charge in [-0.05, 0) is 0 Å². The molecular formula is C8H12I2O4S3. The first kappa shape index (κ1) is 15.1. The summed E-state index contributed by atoms with van der Waals surface area (Å²) < 4.78 is 46.2. The molecule has 0 amide bonds. The molecule has 0 aliphatic carbocycles. The van der Waals surface area contributed by atoms with E-state index in [1.807, 2.05) is 0 Å². The predicted molar refractivity (Wildman–Crippen MR) is 88.1 cm³/mol. The summed E-state index contributed by atoms with van der Waals surface area (Å²) in [5.74, 6) is 0.865. The van der Waals surface area contributed by atoms with E-state index in [4.69, 9.17) is 0 Å². The van der Waals surface area contributed by atoms with Gasteiger partial charge >= 0.3 is 0 Å². The van der Waals surface area contributed by atoms with E-state index in [2.05, 4.69) is 45.2 Å². The Kier molecular flexibility index (Phi) is 4.66. The Morgan fingerprint density at radius 2 is 1.12 bits per heavy atom. The van der Waals surface area contributed by atoms with Gasteiger partial charge in [0.1, 0.15) is 0 Å². The molecule has 2 saturated heterocycles. The number of hydrogen-bond acceptors (Lipinski definition) is 5. The van der Waals surface area contributed by atoms with E-state index in [9.17, 15) is 16.8 Å². The van der Waals surface area contributed by atoms with Crippen molar-refractivity contribution < 1.29 is 16.8 Å². The van der Waals surface area contributed by atoms with Crippen molar-refractivity contribution >= 4 is 76.6 Å². The van der Waals surface area contributed by atoms with Gasteiger partial charge in [-0.3, -0.25) is 0 Å². The molecule has 0 aromatic carbocycles. The zero-order valence-electron chi connectivity index (χ0n) is 8.75. The highest BCUT2D eigenvalue weighted by atomic mass is 127. The Bertz CT molecular complexity index is 455. The molecule has 2 aliphatic heterocycles. The summed E-state index contributed by atoms with van der Waals surface area (Å²) in [5.41, 5.74) is 0. The summed E-state index contributed by atoms with van der Waals surface area (Å²) in [7, 11) is -5.83. The Morgan fingerprint density at radius 3 is 1.35 bits per heavy atom. The maximum atomic E-state index is 11.5. The van der Waals surface area contributed by atoms with Crippen molar-refractivity contribution in [1.82, 2.24) is 0 Å². The van der Waals surface area contributed by atoms with Crippen LogP contribution in [0.2, 0.25) is 0 Å². The van der Waals surface area contributed by atoms with Gasteiger partial charge in [0.15, 0.2) is 19.7 Å². The highest BCUT2D eigenvalue weighted by Crippen LogP contribution is 2.38. The molecule has 0 radical (unpaired) electrons. The fraction of sp³-hybridized carbons (Fsp3) is 1.00. The molecule has 2 heterocycles. The van der Waals surface area contributed by atoms with Crippen LogP contribution in [0.5, 0.6) is 0 Å². The smallest absolute Gasteiger partial charge is 0.152 e. The molecule has 0 spiro atoms. The monoisotopic (exact) mass is 522 g/mol. The highest BCUT2D eigenvalue weighted by Gasteiger charge is 2.43. The van der Waals surface area contributed by atoms with Gasteiger partial charge in [0, 0.05) is 18.3 Å². The second-order valence-electron chi connectivity index (χ2n) is 4.40. The summed E-state index contributed by atoms with van der Waals surface area (Å²) in [6, 6.07) is 0. The van der Waals surface area contributed by atoms with E-state index in [0.717, 1.165) is 0 Å². The van der Waals surface area contributed by atoms with Crippen LogP contribution >= 0.6 is 56.9 Å². The number of halogens is 2. The van der Waals surface area contributed by atoms with Gasteiger partial charge in [0.05, 0.1) is 23.0 Å². The molecule has 0 saturated carbocycles. The molecule has 0 aromatic heterocycles. The van der Waals surface area contributed by atoms with Gasteiger partial charge in [0.25, 0.3) is 0 Å². The molecule has 17 heavy (non-hydrogen) atoms. The third-order valence-corrected chi connectivity index (χ3v) is 13.2. The molecule has 0 bridgehead atoms. The summed E-state index contributed by atoms with van der Waals surface area (Å²) >= 11 is 5.90. The van der Waals surface area contributed by atoms with Crippen molar-refractivity contribution in [1.29, 1.82) is 0 Å². The zero-order chi connectivity index (χ0) is 12.8. The van der Waals surface area contributed by atoms with Crippen molar-refractivity contribution in [3.05, 3.63) is 0 Å². The van der Waals surface area contributed by atoms with E-state index < -0.39 is 19.7 Å². The van der Waals surface area contributed by atoms with Crippen LogP contribution in [0.4, 0.5) is 0 Å². The van der Waals surface area contributed by atoms with Crippen LogP contribution in [0.3, 0.4) is 0 Å². The lowest BCUT2D eigenvalue weighted by Crippen LogP contribution is -2.23. The molecule has 4 nitrogen and oxygen atoms in total. The van der Waals surface area contributed by atoms with Crippen LogP contribution < -0.4 is 0 Å². The number of hydrogen-bond donors (Lipinski definition) is 0. The van der Waals surface area contributed by atoms with Crippen LogP contribution in [0.1, 0.15) is 0 Å². The molecular weight excluding hydrogens is 510 g/mol. The molecule has 2 aliphatic rings. The SMILES string of the molecule is O=S1(=O)C[C@H](S[C@@H]2CS(=O)(=O)C[C@@H]2I)[C@@H](I)C1. The van der Waals surface area contributed by atoms with Crippen molar-refractivity contribution in [3.8, 4) is 0 Å². The molecule has 0 unspecified atom stereocenters. The maximum absolute atomic E-state index is 11.5. The van der Waals surface area contributed by atoms with Gasteiger partial charge in [-0.2, -0.15) is 11.8 Å². The van der Waals surface area contributed by atoms with Crippen LogP contribution in [0.25, 0.3) is 0 Å².